The maximum atomic E-state index is 12.2. The molecule has 3 heterocycles. The summed E-state index contributed by atoms with van der Waals surface area (Å²) >= 11 is 0. The molecule has 10 nitrogen and oxygen atoms in total. The maximum absolute atomic E-state index is 12.2. The average Bonchev–Trinajstić information content (AvgIpc) is 3.13. The van der Waals surface area contributed by atoms with Gasteiger partial charge in [-0.2, -0.15) is 10.2 Å². The third-order valence-electron chi connectivity index (χ3n) is 4.75. The molecule has 10 heteroatoms. The first-order chi connectivity index (χ1) is 12.3. The van der Waals surface area contributed by atoms with E-state index in [1.165, 1.54) is 0 Å². The molecule has 140 valence electrons. The number of nitro groups is 1. The molecule has 1 N–H and O–H groups in total. The summed E-state index contributed by atoms with van der Waals surface area (Å²) in [5.74, 6) is -0.106. The van der Waals surface area contributed by atoms with E-state index in [-0.39, 0.29) is 22.6 Å². The van der Waals surface area contributed by atoms with E-state index in [1.807, 2.05) is 0 Å². The van der Waals surface area contributed by atoms with Gasteiger partial charge in [-0.3, -0.25) is 24.5 Å². The largest absolute Gasteiger partial charge is 0.349 e. The first kappa shape index (κ1) is 18.1. The molecule has 2 aromatic rings. The Morgan fingerprint density at radius 2 is 2.08 bits per heavy atom. The number of amides is 1. The average molecular weight is 361 g/mol. The van der Waals surface area contributed by atoms with E-state index < -0.39 is 0 Å². The predicted molar refractivity (Wildman–Crippen MR) is 93.6 cm³/mol. The number of rotatable bonds is 5. The van der Waals surface area contributed by atoms with E-state index in [0.29, 0.717) is 23.6 Å². The zero-order valence-electron chi connectivity index (χ0n) is 15.2. The SMILES string of the molecule is Cc1nn(CN2CCC(NC(=O)c3cnn(C)c3)CC2)c(C)c1[N+](=O)[O-]. The van der Waals surface area contributed by atoms with Gasteiger partial charge in [0.2, 0.25) is 0 Å². The Bertz CT molecular complexity index is 818. The van der Waals surface area contributed by atoms with Crippen molar-refractivity contribution >= 4 is 11.6 Å². The van der Waals surface area contributed by atoms with Gasteiger partial charge in [-0.1, -0.05) is 0 Å². The van der Waals surface area contributed by atoms with Crippen molar-refractivity contribution in [2.24, 2.45) is 7.05 Å². The quantitative estimate of drug-likeness (QED) is 0.628. The molecule has 0 aliphatic carbocycles. The van der Waals surface area contributed by atoms with Crippen molar-refractivity contribution in [1.29, 1.82) is 0 Å². The molecule has 0 radical (unpaired) electrons. The number of carbonyl (C=O) groups excluding carboxylic acids is 1. The molecule has 0 saturated carbocycles. The highest BCUT2D eigenvalue weighted by molar-refractivity contribution is 5.93. The summed E-state index contributed by atoms with van der Waals surface area (Å²) in [6.07, 6.45) is 4.90. The second kappa shape index (κ2) is 7.24. The molecule has 1 saturated heterocycles. The number of hydrogen-bond donors (Lipinski definition) is 1. The Morgan fingerprint density at radius 3 is 2.62 bits per heavy atom. The molecule has 0 atom stereocenters. The number of carbonyl (C=O) groups is 1. The monoisotopic (exact) mass is 361 g/mol. The van der Waals surface area contributed by atoms with Crippen LogP contribution in [0.5, 0.6) is 0 Å². The van der Waals surface area contributed by atoms with Crippen molar-refractivity contribution in [3.63, 3.8) is 0 Å². The molecule has 1 aliphatic heterocycles. The number of aryl methyl sites for hydroxylation is 2. The molecule has 0 unspecified atom stereocenters. The van der Waals surface area contributed by atoms with Crippen LogP contribution in [0, 0.1) is 24.0 Å². The summed E-state index contributed by atoms with van der Waals surface area (Å²) in [5, 5.41) is 22.4. The van der Waals surface area contributed by atoms with Crippen molar-refractivity contribution in [1.82, 2.24) is 29.8 Å². The van der Waals surface area contributed by atoms with Crippen molar-refractivity contribution in [3.05, 3.63) is 39.5 Å². The molecule has 0 bridgehead atoms. The van der Waals surface area contributed by atoms with Crippen LogP contribution in [0.25, 0.3) is 0 Å². The smallest absolute Gasteiger partial charge is 0.312 e. The Balaban J connectivity index is 1.53. The lowest BCUT2D eigenvalue weighted by Gasteiger charge is -2.32. The van der Waals surface area contributed by atoms with Gasteiger partial charge in [0, 0.05) is 32.4 Å². The van der Waals surface area contributed by atoms with Gasteiger partial charge in [-0.15, -0.1) is 0 Å². The topological polar surface area (TPSA) is 111 Å². The highest BCUT2D eigenvalue weighted by Crippen LogP contribution is 2.22. The summed E-state index contributed by atoms with van der Waals surface area (Å²) in [5.41, 5.74) is 1.65. The second-order valence-corrected chi connectivity index (χ2v) is 6.69. The third kappa shape index (κ3) is 3.74. The van der Waals surface area contributed by atoms with Gasteiger partial charge in [0.05, 0.1) is 23.4 Å². The van der Waals surface area contributed by atoms with Gasteiger partial charge >= 0.3 is 5.69 Å². The number of hydrogen-bond acceptors (Lipinski definition) is 6. The zero-order valence-corrected chi connectivity index (χ0v) is 15.2. The summed E-state index contributed by atoms with van der Waals surface area (Å²) in [4.78, 5) is 25.1. The first-order valence-electron chi connectivity index (χ1n) is 8.55. The van der Waals surface area contributed by atoms with Crippen LogP contribution >= 0.6 is 0 Å². The number of aromatic nitrogens is 4. The van der Waals surface area contributed by atoms with Crippen molar-refractivity contribution in [3.8, 4) is 0 Å². The van der Waals surface area contributed by atoms with E-state index in [1.54, 1.807) is 42.7 Å². The van der Waals surface area contributed by atoms with Crippen LogP contribution in [0.3, 0.4) is 0 Å². The maximum Gasteiger partial charge on any atom is 0.312 e. The van der Waals surface area contributed by atoms with Crippen LogP contribution in [-0.4, -0.2) is 54.4 Å². The summed E-state index contributed by atoms with van der Waals surface area (Å²) < 4.78 is 3.28. The lowest BCUT2D eigenvalue weighted by atomic mass is 10.1. The standard InChI is InChI=1S/C16H23N7O3/c1-11-15(23(25)26)12(2)22(19-11)10-21-6-4-14(5-7-21)18-16(24)13-8-17-20(3)9-13/h8-9,14H,4-7,10H2,1-3H3,(H,18,24). The third-order valence-corrected chi connectivity index (χ3v) is 4.75. The van der Waals surface area contributed by atoms with Crippen LogP contribution in [0.2, 0.25) is 0 Å². The molecule has 2 aromatic heterocycles. The molecule has 1 fully saturated rings. The molecular weight excluding hydrogens is 338 g/mol. The van der Waals surface area contributed by atoms with Crippen molar-refractivity contribution in [2.45, 2.75) is 39.4 Å². The number of piperidine rings is 1. The van der Waals surface area contributed by atoms with Crippen molar-refractivity contribution in [2.75, 3.05) is 13.1 Å². The summed E-state index contributed by atoms with van der Waals surface area (Å²) in [6, 6.07) is 0.119. The predicted octanol–water partition coefficient (Wildman–Crippen LogP) is 0.994. The Hall–Kier alpha value is -2.75. The fourth-order valence-electron chi connectivity index (χ4n) is 3.30. The summed E-state index contributed by atoms with van der Waals surface area (Å²) in [7, 11) is 1.78. The minimum absolute atomic E-state index is 0.0867. The molecule has 26 heavy (non-hydrogen) atoms. The van der Waals surface area contributed by atoms with Gasteiger partial charge in [0.25, 0.3) is 5.91 Å². The lowest BCUT2D eigenvalue weighted by Crippen LogP contribution is -2.45. The van der Waals surface area contributed by atoms with E-state index in [2.05, 4.69) is 20.4 Å². The van der Waals surface area contributed by atoms with Gasteiger partial charge in [0.15, 0.2) is 0 Å². The normalized spacial score (nSPS) is 16.0. The number of likely N-dealkylation sites (tertiary alicyclic amines) is 1. The fourth-order valence-corrected chi connectivity index (χ4v) is 3.30. The Labute approximate surface area is 150 Å². The summed E-state index contributed by atoms with van der Waals surface area (Å²) in [6.45, 7) is 5.49. The van der Waals surface area contributed by atoms with E-state index in [0.717, 1.165) is 25.9 Å². The Kier molecular flexibility index (Phi) is 5.03. The number of nitrogens with zero attached hydrogens (tertiary/aromatic N) is 6. The minimum atomic E-state index is -0.381. The van der Waals surface area contributed by atoms with Gasteiger partial charge in [0.1, 0.15) is 11.4 Å². The van der Waals surface area contributed by atoms with E-state index >= 15 is 0 Å². The Morgan fingerprint density at radius 1 is 1.38 bits per heavy atom. The fraction of sp³-hybridized carbons (Fsp3) is 0.562. The minimum Gasteiger partial charge on any atom is -0.349 e. The highest BCUT2D eigenvalue weighted by Gasteiger charge is 2.25. The molecule has 0 spiro atoms. The second-order valence-electron chi connectivity index (χ2n) is 6.69. The van der Waals surface area contributed by atoms with Crippen LogP contribution in [-0.2, 0) is 13.7 Å². The van der Waals surface area contributed by atoms with Crippen molar-refractivity contribution < 1.29 is 9.72 Å². The van der Waals surface area contributed by atoms with Crippen LogP contribution in [0.15, 0.2) is 12.4 Å². The molecule has 0 aromatic carbocycles. The van der Waals surface area contributed by atoms with Crippen LogP contribution < -0.4 is 5.32 Å². The molecule has 1 aliphatic rings. The van der Waals surface area contributed by atoms with Gasteiger partial charge < -0.3 is 5.32 Å². The van der Waals surface area contributed by atoms with Crippen LogP contribution in [0.1, 0.15) is 34.6 Å². The highest BCUT2D eigenvalue weighted by atomic mass is 16.6. The molecule has 3 rings (SSSR count). The van der Waals surface area contributed by atoms with Gasteiger partial charge in [-0.25, -0.2) is 4.68 Å². The van der Waals surface area contributed by atoms with E-state index in [9.17, 15) is 14.9 Å². The number of nitrogens with one attached hydrogen (secondary N) is 1. The van der Waals surface area contributed by atoms with Gasteiger partial charge in [-0.05, 0) is 26.7 Å². The molecule has 1 amide bonds. The van der Waals surface area contributed by atoms with Crippen LogP contribution in [0.4, 0.5) is 5.69 Å². The zero-order chi connectivity index (χ0) is 18.8. The first-order valence-corrected chi connectivity index (χ1v) is 8.55. The lowest BCUT2D eigenvalue weighted by molar-refractivity contribution is -0.386. The van der Waals surface area contributed by atoms with E-state index in [4.69, 9.17) is 0 Å². The molecular formula is C16H23N7O3.